The summed E-state index contributed by atoms with van der Waals surface area (Å²) in [5.41, 5.74) is 3.05. The van der Waals surface area contributed by atoms with Crippen LogP contribution >= 0.6 is 11.8 Å². The lowest BCUT2D eigenvalue weighted by Gasteiger charge is -2.09. The number of nitrogens with zero attached hydrogens (tertiary/aromatic N) is 3. The molecule has 1 aromatic carbocycles. The van der Waals surface area contributed by atoms with Crippen LogP contribution in [0.15, 0.2) is 51.0 Å². The van der Waals surface area contributed by atoms with Crippen LogP contribution in [0.2, 0.25) is 0 Å². The summed E-state index contributed by atoms with van der Waals surface area (Å²) in [5, 5.41) is 7.62. The number of benzene rings is 1. The average molecular weight is 411 g/mol. The van der Waals surface area contributed by atoms with Crippen molar-refractivity contribution in [3.05, 3.63) is 64.9 Å². The molecule has 6 nitrogen and oxygen atoms in total. The SMILES string of the molecule is Cc1ccc(Sc2ncccc2C(=O)NCCCc2nc(C(C)C)no2)cc1C. The molecule has 0 fully saturated rings. The van der Waals surface area contributed by atoms with Gasteiger partial charge in [0.1, 0.15) is 5.03 Å². The molecule has 1 amide bonds. The van der Waals surface area contributed by atoms with Crippen LogP contribution in [0.25, 0.3) is 0 Å². The van der Waals surface area contributed by atoms with Crippen molar-refractivity contribution in [1.82, 2.24) is 20.4 Å². The first-order valence-electron chi connectivity index (χ1n) is 9.75. The van der Waals surface area contributed by atoms with E-state index >= 15 is 0 Å². The van der Waals surface area contributed by atoms with E-state index in [1.165, 1.54) is 22.9 Å². The number of rotatable bonds is 8. The second-order valence-corrected chi connectivity index (χ2v) is 8.33. The fraction of sp³-hybridized carbons (Fsp3) is 0.364. The Balaban J connectivity index is 1.57. The molecule has 0 saturated heterocycles. The molecule has 0 spiro atoms. The van der Waals surface area contributed by atoms with Gasteiger partial charge in [0, 0.05) is 30.0 Å². The third-order valence-electron chi connectivity index (χ3n) is 4.56. The molecule has 152 valence electrons. The summed E-state index contributed by atoms with van der Waals surface area (Å²) in [6, 6.07) is 9.85. The Labute approximate surface area is 175 Å². The van der Waals surface area contributed by atoms with E-state index in [-0.39, 0.29) is 11.8 Å². The van der Waals surface area contributed by atoms with Gasteiger partial charge in [0.05, 0.1) is 5.56 Å². The second kappa shape index (κ2) is 9.69. The Bertz CT molecular complexity index is 984. The highest BCUT2D eigenvalue weighted by Gasteiger charge is 2.14. The molecule has 29 heavy (non-hydrogen) atoms. The molecule has 2 heterocycles. The van der Waals surface area contributed by atoms with Crippen molar-refractivity contribution in [2.45, 2.75) is 56.4 Å². The molecule has 0 bridgehead atoms. The summed E-state index contributed by atoms with van der Waals surface area (Å²) < 4.78 is 5.23. The number of pyridine rings is 1. The number of carbonyl (C=O) groups excluding carboxylic acids is 1. The first-order chi connectivity index (χ1) is 13.9. The Morgan fingerprint density at radius 3 is 2.76 bits per heavy atom. The van der Waals surface area contributed by atoms with E-state index in [0.29, 0.717) is 35.3 Å². The van der Waals surface area contributed by atoms with E-state index in [9.17, 15) is 4.79 Å². The van der Waals surface area contributed by atoms with E-state index in [1.807, 2.05) is 13.8 Å². The number of carbonyl (C=O) groups is 1. The van der Waals surface area contributed by atoms with Crippen molar-refractivity contribution >= 4 is 17.7 Å². The molecule has 0 aliphatic rings. The molecule has 2 aromatic heterocycles. The number of amides is 1. The van der Waals surface area contributed by atoms with Crippen molar-refractivity contribution in [3.63, 3.8) is 0 Å². The van der Waals surface area contributed by atoms with Crippen LogP contribution in [0.4, 0.5) is 0 Å². The summed E-state index contributed by atoms with van der Waals surface area (Å²) in [5.74, 6) is 1.44. The lowest BCUT2D eigenvalue weighted by molar-refractivity contribution is 0.0949. The van der Waals surface area contributed by atoms with Crippen molar-refractivity contribution < 1.29 is 9.32 Å². The van der Waals surface area contributed by atoms with Crippen LogP contribution in [0.1, 0.15) is 59.4 Å². The molecule has 3 rings (SSSR count). The monoisotopic (exact) mass is 410 g/mol. The fourth-order valence-corrected chi connectivity index (χ4v) is 3.65. The van der Waals surface area contributed by atoms with Gasteiger partial charge in [0.2, 0.25) is 5.89 Å². The molecule has 0 atom stereocenters. The van der Waals surface area contributed by atoms with Gasteiger partial charge in [-0.15, -0.1) is 0 Å². The van der Waals surface area contributed by atoms with E-state index in [2.05, 4.69) is 52.5 Å². The van der Waals surface area contributed by atoms with E-state index in [1.54, 1.807) is 18.3 Å². The maximum Gasteiger partial charge on any atom is 0.254 e. The summed E-state index contributed by atoms with van der Waals surface area (Å²) in [6.07, 6.45) is 3.07. The van der Waals surface area contributed by atoms with Crippen LogP contribution in [0.3, 0.4) is 0 Å². The maximum atomic E-state index is 12.7. The minimum Gasteiger partial charge on any atom is -0.352 e. The van der Waals surface area contributed by atoms with Crippen LogP contribution in [0.5, 0.6) is 0 Å². The molecule has 0 aliphatic carbocycles. The lowest BCUT2D eigenvalue weighted by atomic mass is 10.1. The molecular formula is C22H26N4O2S. The van der Waals surface area contributed by atoms with Crippen LogP contribution in [-0.4, -0.2) is 27.6 Å². The predicted molar refractivity (Wildman–Crippen MR) is 113 cm³/mol. The van der Waals surface area contributed by atoms with Crippen molar-refractivity contribution in [3.8, 4) is 0 Å². The van der Waals surface area contributed by atoms with Gasteiger partial charge >= 0.3 is 0 Å². The van der Waals surface area contributed by atoms with Gasteiger partial charge < -0.3 is 9.84 Å². The van der Waals surface area contributed by atoms with Crippen LogP contribution < -0.4 is 5.32 Å². The highest BCUT2D eigenvalue weighted by atomic mass is 32.2. The molecule has 0 saturated carbocycles. The first kappa shape index (κ1) is 21.0. The van der Waals surface area contributed by atoms with Crippen molar-refractivity contribution in [1.29, 1.82) is 0 Å². The summed E-state index contributed by atoms with van der Waals surface area (Å²) >= 11 is 1.50. The highest BCUT2D eigenvalue weighted by Crippen LogP contribution is 2.29. The van der Waals surface area contributed by atoms with Gasteiger partial charge in [-0.2, -0.15) is 4.98 Å². The number of hydrogen-bond acceptors (Lipinski definition) is 6. The second-order valence-electron chi connectivity index (χ2n) is 7.26. The van der Waals surface area contributed by atoms with E-state index in [4.69, 9.17) is 4.52 Å². The number of aryl methyl sites for hydroxylation is 3. The Hall–Kier alpha value is -2.67. The molecule has 0 radical (unpaired) electrons. The first-order valence-corrected chi connectivity index (χ1v) is 10.6. The smallest absolute Gasteiger partial charge is 0.254 e. The summed E-state index contributed by atoms with van der Waals surface area (Å²) in [6.45, 7) is 8.74. The number of hydrogen-bond donors (Lipinski definition) is 1. The molecule has 7 heteroatoms. The van der Waals surface area contributed by atoms with Crippen LogP contribution in [-0.2, 0) is 6.42 Å². The zero-order valence-electron chi connectivity index (χ0n) is 17.2. The van der Waals surface area contributed by atoms with E-state index < -0.39 is 0 Å². The summed E-state index contributed by atoms with van der Waals surface area (Å²) in [4.78, 5) is 22.5. The van der Waals surface area contributed by atoms with Gasteiger partial charge in [-0.1, -0.05) is 36.8 Å². The fourth-order valence-electron chi connectivity index (χ4n) is 2.67. The van der Waals surface area contributed by atoms with Crippen LogP contribution in [0, 0.1) is 13.8 Å². The molecule has 1 N–H and O–H groups in total. The zero-order valence-corrected chi connectivity index (χ0v) is 18.0. The topological polar surface area (TPSA) is 80.9 Å². The Morgan fingerprint density at radius 1 is 1.21 bits per heavy atom. The van der Waals surface area contributed by atoms with Gasteiger partial charge in [-0.05, 0) is 55.7 Å². The predicted octanol–water partition coefficient (Wildman–Crippen LogP) is 4.72. The molecule has 0 aliphatic heterocycles. The largest absolute Gasteiger partial charge is 0.352 e. The quantitative estimate of drug-likeness (QED) is 0.541. The van der Waals surface area contributed by atoms with Gasteiger partial charge in [0.15, 0.2) is 5.82 Å². The average Bonchev–Trinajstić information content (AvgIpc) is 3.18. The Morgan fingerprint density at radius 2 is 2.03 bits per heavy atom. The maximum absolute atomic E-state index is 12.7. The molecular weight excluding hydrogens is 384 g/mol. The van der Waals surface area contributed by atoms with Gasteiger partial charge in [-0.3, -0.25) is 4.79 Å². The minimum atomic E-state index is -0.127. The lowest BCUT2D eigenvalue weighted by Crippen LogP contribution is -2.25. The third kappa shape index (κ3) is 5.67. The van der Waals surface area contributed by atoms with Gasteiger partial charge in [0.25, 0.3) is 5.91 Å². The standard InChI is InChI=1S/C22H26N4O2S/c1-14(2)20-25-19(28-26-20)8-6-11-23-21(27)18-7-5-12-24-22(18)29-17-10-9-15(3)16(4)13-17/h5,7,9-10,12-14H,6,8,11H2,1-4H3,(H,23,27). The number of nitrogens with one attached hydrogen (secondary N) is 1. The third-order valence-corrected chi connectivity index (χ3v) is 5.57. The Kier molecular flexibility index (Phi) is 7.04. The molecule has 3 aromatic rings. The van der Waals surface area contributed by atoms with E-state index in [0.717, 1.165) is 11.3 Å². The number of aromatic nitrogens is 3. The van der Waals surface area contributed by atoms with Gasteiger partial charge in [-0.25, -0.2) is 4.98 Å². The molecule has 0 unspecified atom stereocenters. The van der Waals surface area contributed by atoms with Crippen molar-refractivity contribution in [2.75, 3.05) is 6.54 Å². The highest BCUT2D eigenvalue weighted by molar-refractivity contribution is 7.99. The zero-order chi connectivity index (χ0) is 20.8. The normalized spacial score (nSPS) is 11.1. The minimum absolute atomic E-state index is 0.127. The van der Waals surface area contributed by atoms with Crippen molar-refractivity contribution in [2.24, 2.45) is 0 Å². The summed E-state index contributed by atoms with van der Waals surface area (Å²) in [7, 11) is 0.